The van der Waals surface area contributed by atoms with Gasteiger partial charge in [0.25, 0.3) is 0 Å². The lowest BCUT2D eigenvalue weighted by atomic mass is 9.84. The molecule has 0 bridgehead atoms. The second kappa shape index (κ2) is 7.11. The Morgan fingerprint density at radius 1 is 1.29 bits per heavy atom. The maximum absolute atomic E-state index is 12.0. The number of benzene rings is 1. The molecule has 2 rings (SSSR count). The summed E-state index contributed by atoms with van der Waals surface area (Å²) >= 11 is 0. The Hall–Kier alpha value is -2.04. The van der Waals surface area contributed by atoms with Crippen LogP contribution in [-0.4, -0.2) is 23.1 Å². The Morgan fingerprint density at radius 3 is 2.76 bits per heavy atom. The van der Waals surface area contributed by atoms with Gasteiger partial charge in [-0.3, -0.25) is 4.79 Å². The zero-order valence-corrected chi connectivity index (χ0v) is 12.3. The minimum absolute atomic E-state index is 0.286. The van der Waals surface area contributed by atoms with E-state index in [4.69, 9.17) is 0 Å². The Kier molecular flexibility index (Phi) is 5.20. The second-order valence-electron chi connectivity index (χ2n) is 5.49. The fourth-order valence-electron chi connectivity index (χ4n) is 2.80. The highest BCUT2D eigenvalue weighted by Gasteiger charge is 2.31. The first kappa shape index (κ1) is 15.4. The topological polar surface area (TPSA) is 78.4 Å². The van der Waals surface area contributed by atoms with Gasteiger partial charge in [-0.05, 0) is 37.0 Å². The molecule has 2 atom stereocenters. The number of amides is 2. The van der Waals surface area contributed by atoms with E-state index in [2.05, 4.69) is 17.6 Å². The third kappa shape index (κ3) is 4.21. The summed E-state index contributed by atoms with van der Waals surface area (Å²) in [6.45, 7) is 2.05. The summed E-state index contributed by atoms with van der Waals surface area (Å²) < 4.78 is 0. The van der Waals surface area contributed by atoms with E-state index in [0.29, 0.717) is 6.42 Å². The third-order valence-corrected chi connectivity index (χ3v) is 3.99. The average molecular weight is 290 g/mol. The minimum Gasteiger partial charge on any atom is -0.481 e. The van der Waals surface area contributed by atoms with E-state index in [-0.39, 0.29) is 12.1 Å². The number of nitrogens with one attached hydrogen (secondary N) is 2. The molecule has 1 aromatic carbocycles. The predicted octanol–water partition coefficient (Wildman–Crippen LogP) is 3.01. The van der Waals surface area contributed by atoms with Gasteiger partial charge < -0.3 is 15.7 Å². The van der Waals surface area contributed by atoms with Gasteiger partial charge in [-0.1, -0.05) is 31.9 Å². The van der Waals surface area contributed by atoms with Gasteiger partial charge in [0.1, 0.15) is 0 Å². The molecule has 0 aliphatic heterocycles. The quantitative estimate of drug-likeness (QED) is 0.797. The highest BCUT2D eigenvalue weighted by molar-refractivity contribution is 5.90. The Balaban J connectivity index is 1.95. The summed E-state index contributed by atoms with van der Waals surface area (Å²) in [5.74, 6) is -1.31. The van der Waals surface area contributed by atoms with Crippen molar-refractivity contribution in [2.75, 3.05) is 5.32 Å². The van der Waals surface area contributed by atoms with Gasteiger partial charge >= 0.3 is 12.0 Å². The van der Waals surface area contributed by atoms with Crippen molar-refractivity contribution >= 4 is 17.7 Å². The number of carbonyl (C=O) groups is 2. The SMILES string of the molecule is CCc1cccc(NC(=O)NC2CCCCC2C(=O)O)c1. The normalized spacial score (nSPS) is 21.6. The van der Waals surface area contributed by atoms with E-state index >= 15 is 0 Å². The highest BCUT2D eigenvalue weighted by atomic mass is 16.4. The van der Waals surface area contributed by atoms with E-state index in [1.54, 1.807) is 0 Å². The second-order valence-corrected chi connectivity index (χ2v) is 5.49. The summed E-state index contributed by atoms with van der Waals surface area (Å²) in [6.07, 6.45) is 4.13. The van der Waals surface area contributed by atoms with Crippen LogP contribution in [0, 0.1) is 5.92 Å². The van der Waals surface area contributed by atoms with E-state index in [9.17, 15) is 14.7 Å². The van der Waals surface area contributed by atoms with Gasteiger partial charge in [0.15, 0.2) is 0 Å². The first-order chi connectivity index (χ1) is 10.1. The molecule has 5 nitrogen and oxygen atoms in total. The van der Waals surface area contributed by atoms with Crippen molar-refractivity contribution in [2.24, 2.45) is 5.92 Å². The van der Waals surface area contributed by atoms with Gasteiger partial charge in [0.05, 0.1) is 5.92 Å². The van der Waals surface area contributed by atoms with Gasteiger partial charge in [-0.2, -0.15) is 0 Å². The van der Waals surface area contributed by atoms with Crippen LogP contribution in [0.2, 0.25) is 0 Å². The van der Waals surface area contributed by atoms with Crippen molar-refractivity contribution in [3.05, 3.63) is 29.8 Å². The molecule has 2 unspecified atom stereocenters. The molecular formula is C16H22N2O3. The van der Waals surface area contributed by atoms with Crippen molar-refractivity contribution in [1.82, 2.24) is 5.32 Å². The van der Waals surface area contributed by atoms with Crippen molar-refractivity contribution in [3.8, 4) is 0 Å². The van der Waals surface area contributed by atoms with Crippen LogP contribution >= 0.6 is 0 Å². The van der Waals surface area contributed by atoms with Crippen LogP contribution in [0.5, 0.6) is 0 Å². The molecule has 2 amide bonds. The molecule has 114 valence electrons. The Bertz CT molecular complexity index is 516. The van der Waals surface area contributed by atoms with Crippen LogP contribution in [0.1, 0.15) is 38.2 Å². The molecule has 1 fully saturated rings. The maximum Gasteiger partial charge on any atom is 0.319 e. The number of anilines is 1. The van der Waals surface area contributed by atoms with E-state index in [1.807, 2.05) is 24.3 Å². The van der Waals surface area contributed by atoms with Crippen LogP contribution in [0.15, 0.2) is 24.3 Å². The van der Waals surface area contributed by atoms with E-state index in [0.717, 1.165) is 36.9 Å². The molecule has 1 saturated carbocycles. The van der Waals surface area contributed by atoms with Gasteiger partial charge in [0, 0.05) is 11.7 Å². The van der Waals surface area contributed by atoms with Crippen molar-refractivity contribution in [2.45, 2.75) is 45.1 Å². The molecule has 3 N–H and O–H groups in total. The summed E-state index contributed by atoms with van der Waals surface area (Å²) in [6, 6.07) is 7.04. The Morgan fingerprint density at radius 2 is 2.05 bits per heavy atom. The van der Waals surface area contributed by atoms with Crippen LogP contribution < -0.4 is 10.6 Å². The molecule has 0 aromatic heterocycles. The number of carboxylic acids is 1. The molecular weight excluding hydrogens is 268 g/mol. The molecule has 0 heterocycles. The van der Waals surface area contributed by atoms with Crippen molar-refractivity contribution in [1.29, 1.82) is 0 Å². The number of aryl methyl sites for hydroxylation is 1. The largest absolute Gasteiger partial charge is 0.481 e. The van der Waals surface area contributed by atoms with Gasteiger partial charge in [0.2, 0.25) is 0 Å². The number of carboxylic acid groups (broad SMARTS) is 1. The minimum atomic E-state index is -0.826. The average Bonchev–Trinajstić information content (AvgIpc) is 2.47. The maximum atomic E-state index is 12.0. The molecule has 1 aliphatic carbocycles. The third-order valence-electron chi connectivity index (χ3n) is 3.99. The number of aliphatic carboxylic acids is 1. The lowest BCUT2D eigenvalue weighted by Gasteiger charge is -2.29. The molecule has 0 spiro atoms. The van der Waals surface area contributed by atoms with Crippen molar-refractivity contribution < 1.29 is 14.7 Å². The zero-order chi connectivity index (χ0) is 15.2. The Labute approximate surface area is 124 Å². The molecule has 1 aliphatic rings. The van der Waals surface area contributed by atoms with Crippen molar-refractivity contribution in [3.63, 3.8) is 0 Å². The highest BCUT2D eigenvalue weighted by Crippen LogP contribution is 2.24. The van der Waals surface area contributed by atoms with Crippen LogP contribution in [-0.2, 0) is 11.2 Å². The standard InChI is InChI=1S/C16H22N2O3/c1-2-11-6-5-7-12(10-11)17-16(21)18-14-9-4-3-8-13(14)15(19)20/h5-7,10,13-14H,2-4,8-9H2,1H3,(H,19,20)(H2,17,18,21). The number of hydrogen-bond donors (Lipinski definition) is 3. The fourth-order valence-corrected chi connectivity index (χ4v) is 2.80. The fraction of sp³-hybridized carbons (Fsp3) is 0.500. The molecule has 0 saturated heterocycles. The predicted molar refractivity (Wildman–Crippen MR) is 81.4 cm³/mol. The van der Waals surface area contributed by atoms with Crippen LogP contribution in [0.25, 0.3) is 0 Å². The van der Waals surface area contributed by atoms with Gasteiger partial charge in [-0.15, -0.1) is 0 Å². The number of hydrogen-bond acceptors (Lipinski definition) is 2. The summed E-state index contributed by atoms with van der Waals surface area (Å²) in [7, 11) is 0. The lowest BCUT2D eigenvalue weighted by molar-refractivity contribution is -0.143. The molecule has 5 heteroatoms. The monoisotopic (exact) mass is 290 g/mol. The zero-order valence-electron chi connectivity index (χ0n) is 12.3. The molecule has 1 aromatic rings. The summed E-state index contributed by atoms with van der Waals surface area (Å²) in [5, 5.41) is 14.8. The molecule has 21 heavy (non-hydrogen) atoms. The van der Waals surface area contributed by atoms with Gasteiger partial charge in [-0.25, -0.2) is 4.79 Å². The van der Waals surface area contributed by atoms with Crippen LogP contribution in [0.4, 0.5) is 10.5 Å². The number of urea groups is 1. The van der Waals surface area contributed by atoms with E-state index < -0.39 is 11.9 Å². The summed E-state index contributed by atoms with van der Waals surface area (Å²) in [4.78, 5) is 23.2. The first-order valence-corrected chi connectivity index (χ1v) is 7.49. The smallest absolute Gasteiger partial charge is 0.319 e. The number of rotatable bonds is 4. The lowest BCUT2D eigenvalue weighted by Crippen LogP contribution is -2.46. The molecule has 0 radical (unpaired) electrons. The number of carbonyl (C=O) groups excluding carboxylic acids is 1. The van der Waals surface area contributed by atoms with Crippen LogP contribution in [0.3, 0.4) is 0 Å². The first-order valence-electron chi connectivity index (χ1n) is 7.49. The summed E-state index contributed by atoms with van der Waals surface area (Å²) in [5.41, 5.74) is 1.88. The van der Waals surface area contributed by atoms with E-state index in [1.165, 1.54) is 0 Å².